The number of piperidine rings is 1. The molecule has 1 N–H and O–H groups in total. The van der Waals surface area contributed by atoms with Gasteiger partial charge in [0.2, 0.25) is 5.91 Å². The van der Waals surface area contributed by atoms with Gasteiger partial charge in [0.1, 0.15) is 0 Å². The molecule has 0 aliphatic carbocycles. The highest BCUT2D eigenvalue weighted by molar-refractivity contribution is 5.81. The SMILES string of the molecule is Cc1cccc([C@@H](C)NC(C)C(=O)N2CCCCC2)c1. The quantitative estimate of drug-likeness (QED) is 0.915. The van der Waals surface area contributed by atoms with Crippen LogP contribution in [0.15, 0.2) is 24.3 Å². The zero-order valence-corrected chi connectivity index (χ0v) is 12.9. The monoisotopic (exact) mass is 274 g/mol. The minimum Gasteiger partial charge on any atom is -0.341 e. The van der Waals surface area contributed by atoms with E-state index in [-0.39, 0.29) is 18.0 Å². The van der Waals surface area contributed by atoms with Gasteiger partial charge in [-0.1, -0.05) is 29.8 Å². The standard InChI is InChI=1S/C17H26N2O/c1-13-8-7-9-16(12-13)14(2)18-15(3)17(20)19-10-5-4-6-11-19/h7-9,12,14-15,18H,4-6,10-11H2,1-3H3/t14-,15?/m1/s1. The van der Waals surface area contributed by atoms with Gasteiger partial charge in [-0.25, -0.2) is 0 Å². The van der Waals surface area contributed by atoms with Gasteiger partial charge in [-0.15, -0.1) is 0 Å². The molecule has 1 aromatic carbocycles. The number of carbonyl (C=O) groups is 1. The highest BCUT2D eigenvalue weighted by atomic mass is 16.2. The Kier molecular flexibility index (Phi) is 5.18. The highest BCUT2D eigenvalue weighted by Crippen LogP contribution is 2.16. The molecular weight excluding hydrogens is 248 g/mol. The Bertz CT molecular complexity index is 452. The molecule has 0 radical (unpaired) electrons. The summed E-state index contributed by atoms with van der Waals surface area (Å²) in [5.74, 6) is 0.240. The summed E-state index contributed by atoms with van der Waals surface area (Å²) in [7, 11) is 0. The average Bonchev–Trinajstić information content (AvgIpc) is 2.47. The van der Waals surface area contributed by atoms with Crippen molar-refractivity contribution in [1.82, 2.24) is 10.2 Å². The summed E-state index contributed by atoms with van der Waals surface area (Å²) >= 11 is 0. The van der Waals surface area contributed by atoms with Gasteiger partial charge in [-0.05, 0) is 45.6 Å². The minimum atomic E-state index is -0.122. The maximum absolute atomic E-state index is 12.4. The van der Waals surface area contributed by atoms with Crippen molar-refractivity contribution < 1.29 is 4.79 Å². The second-order valence-electron chi connectivity index (χ2n) is 5.91. The first-order valence-corrected chi connectivity index (χ1v) is 7.69. The third-order valence-corrected chi connectivity index (χ3v) is 4.08. The van der Waals surface area contributed by atoms with Gasteiger partial charge in [-0.3, -0.25) is 10.1 Å². The van der Waals surface area contributed by atoms with E-state index in [4.69, 9.17) is 0 Å². The first-order chi connectivity index (χ1) is 9.58. The van der Waals surface area contributed by atoms with Crippen LogP contribution in [0.5, 0.6) is 0 Å². The number of amides is 1. The average molecular weight is 274 g/mol. The van der Waals surface area contributed by atoms with Gasteiger partial charge in [0.25, 0.3) is 0 Å². The predicted molar refractivity (Wildman–Crippen MR) is 82.6 cm³/mol. The van der Waals surface area contributed by atoms with Crippen LogP contribution in [0.1, 0.15) is 50.3 Å². The summed E-state index contributed by atoms with van der Waals surface area (Å²) in [5.41, 5.74) is 2.49. The normalized spacial score (nSPS) is 18.6. The summed E-state index contributed by atoms with van der Waals surface area (Å²) in [6, 6.07) is 8.53. The van der Waals surface area contributed by atoms with E-state index in [0.29, 0.717) is 0 Å². The molecule has 1 saturated heterocycles. The molecule has 1 heterocycles. The van der Waals surface area contributed by atoms with E-state index in [9.17, 15) is 4.79 Å². The molecule has 0 spiro atoms. The topological polar surface area (TPSA) is 32.3 Å². The van der Waals surface area contributed by atoms with Gasteiger partial charge in [0, 0.05) is 19.1 Å². The van der Waals surface area contributed by atoms with Crippen molar-refractivity contribution in [3.8, 4) is 0 Å². The van der Waals surface area contributed by atoms with Crippen molar-refractivity contribution in [3.05, 3.63) is 35.4 Å². The fourth-order valence-corrected chi connectivity index (χ4v) is 2.87. The number of nitrogens with zero attached hydrogens (tertiary/aromatic N) is 1. The fourth-order valence-electron chi connectivity index (χ4n) is 2.87. The molecule has 1 fully saturated rings. The molecule has 0 bridgehead atoms. The van der Waals surface area contributed by atoms with E-state index in [2.05, 4.69) is 43.4 Å². The molecular formula is C17H26N2O. The van der Waals surface area contributed by atoms with Crippen LogP contribution < -0.4 is 5.32 Å². The lowest BCUT2D eigenvalue weighted by molar-refractivity contribution is -0.134. The molecule has 0 saturated carbocycles. The van der Waals surface area contributed by atoms with Crippen molar-refractivity contribution in [2.45, 2.75) is 52.1 Å². The van der Waals surface area contributed by atoms with Crippen molar-refractivity contribution in [1.29, 1.82) is 0 Å². The molecule has 2 rings (SSSR count). The summed E-state index contributed by atoms with van der Waals surface area (Å²) in [6.07, 6.45) is 3.54. The molecule has 3 nitrogen and oxygen atoms in total. The second kappa shape index (κ2) is 6.89. The Morgan fingerprint density at radius 2 is 1.90 bits per heavy atom. The van der Waals surface area contributed by atoms with Crippen molar-refractivity contribution in [3.63, 3.8) is 0 Å². The third kappa shape index (κ3) is 3.83. The number of hydrogen-bond donors (Lipinski definition) is 1. The van der Waals surface area contributed by atoms with Crippen LogP contribution in [0.25, 0.3) is 0 Å². The van der Waals surface area contributed by atoms with Crippen molar-refractivity contribution in [2.75, 3.05) is 13.1 Å². The van der Waals surface area contributed by atoms with E-state index >= 15 is 0 Å². The van der Waals surface area contributed by atoms with Crippen LogP contribution >= 0.6 is 0 Å². The van der Waals surface area contributed by atoms with E-state index in [1.54, 1.807) is 0 Å². The second-order valence-corrected chi connectivity index (χ2v) is 5.91. The van der Waals surface area contributed by atoms with Crippen LogP contribution in [0.3, 0.4) is 0 Å². The van der Waals surface area contributed by atoms with Crippen LogP contribution in [-0.2, 0) is 4.79 Å². The van der Waals surface area contributed by atoms with Crippen molar-refractivity contribution in [2.24, 2.45) is 0 Å². The number of rotatable bonds is 4. The third-order valence-electron chi connectivity index (χ3n) is 4.08. The molecule has 3 heteroatoms. The van der Waals surface area contributed by atoms with Crippen LogP contribution in [0.4, 0.5) is 0 Å². The summed E-state index contributed by atoms with van der Waals surface area (Å²) in [6.45, 7) is 8.03. The van der Waals surface area contributed by atoms with E-state index < -0.39 is 0 Å². The number of benzene rings is 1. The Morgan fingerprint density at radius 3 is 2.55 bits per heavy atom. The lowest BCUT2D eigenvalue weighted by atomic mass is 10.0. The molecule has 1 aromatic rings. The molecule has 2 atom stereocenters. The molecule has 0 aromatic heterocycles. The summed E-state index contributed by atoms with van der Waals surface area (Å²) < 4.78 is 0. The van der Waals surface area contributed by atoms with E-state index in [1.165, 1.54) is 17.5 Å². The van der Waals surface area contributed by atoms with Gasteiger partial charge in [-0.2, -0.15) is 0 Å². The summed E-state index contributed by atoms with van der Waals surface area (Å²) in [4.78, 5) is 14.4. The first kappa shape index (κ1) is 15.0. The van der Waals surface area contributed by atoms with Crippen molar-refractivity contribution >= 4 is 5.91 Å². The van der Waals surface area contributed by atoms with Crippen LogP contribution in [-0.4, -0.2) is 29.9 Å². The van der Waals surface area contributed by atoms with E-state index in [1.807, 2.05) is 11.8 Å². The van der Waals surface area contributed by atoms with Gasteiger partial charge in [0.15, 0.2) is 0 Å². The molecule has 20 heavy (non-hydrogen) atoms. The first-order valence-electron chi connectivity index (χ1n) is 7.69. The predicted octanol–water partition coefficient (Wildman–Crippen LogP) is 3.05. The molecule has 110 valence electrons. The van der Waals surface area contributed by atoms with Gasteiger partial charge < -0.3 is 4.90 Å². The summed E-state index contributed by atoms with van der Waals surface area (Å²) in [5, 5.41) is 3.43. The van der Waals surface area contributed by atoms with Crippen LogP contribution in [0, 0.1) is 6.92 Å². The number of carbonyl (C=O) groups excluding carboxylic acids is 1. The zero-order chi connectivity index (χ0) is 14.5. The Labute approximate surface area is 122 Å². The Balaban J connectivity index is 1.92. The molecule has 1 aliphatic heterocycles. The van der Waals surface area contributed by atoms with Crippen LogP contribution in [0.2, 0.25) is 0 Å². The van der Waals surface area contributed by atoms with E-state index in [0.717, 1.165) is 25.9 Å². The molecule has 1 amide bonds. The molecule has 1 unspecified atom stereocenters. The maximum Gasteiger partial charge on any atom is 0.239 e. The Hall–Kier alpha value is -1.35. The minimum absolute atomic E-state index is 0.122. The largest absolute Gasteiger partial charge is 0.341 e. The number of aryl methyl sites for hydroxylation is 1. The number of likely N-dealkylation sites (tertiary alicyclic amines) is 1. The maximum atomic E-state index is 12.4. The number of nitrogens with one attached hydrogen (secondary N) is 1. The lowest BCUT2D eigenvalue weighted by Crippen LogP contribution is -2.47. The smallest absolute Gasteiger partial charge is 0.239 e. The zero-order valence-electron chi connectivity index (χ0n) is 12.9. The molecule has 1 aliphatic rings. The number of hydrogen-bond acceptors (Lipinski definition) is 2. The Morgan fingerprint density at radius 1 is 1.20 bits per heavy atom. The van der Waals surface area contributed by atoms with Gasteiger partial charge >= 0.3 is 0 Å². The van der Waals surface area contributed by atoms with Gasteiger partial charge in [0.05, 0.1) is 6.04 Å². The lowest BCUT2D eigenvalue weighted by Gasteiger charge is -2.30. The fraction of sp³-hybridized carbons (Fsp3) is 0.588. The highest BCUT2D eigenvalue weighted by Gasteiger charge is 2.23.